The van der Waals surface area contributed by atoms with Crippen LogP contribution in [0.15, 0.2) is 53.9 Å². The van der Waals surface area contributed by atoms with Crippen molar-refractivity contribution in [3.8, 4) is 0 Å². The van der Waals surface area contributed by atoms with Gasteiger partial charge < -0.3 is 10.8 Å². The van der Waals surface area contributed by atoms with E-state index in [4.69, 9.17) is 5.73 Å². The second-order valence-corrected chi connectivity index (χ2v) is 5.45. The van der Waals surface area contributed by atoms with Crippen LogP contribution < -0.4 is 5.73 Å². The summed E-state index contributed by atoms with van der Waals surface area (Å²) >= 11 is 1.66. The van der Waals surface area contributed by atoms with Crippen molar-refractivity contribution in [2.75, 3.05) is 0 Å². The number of aliphatic hydroxyl groups is 1. The number of hydrogen-bond acceptors (Lipinski definition) is 3. The minimum absolute atomic E-state index is 0.526. The molecule has 2 nitrogen and oxygen atoms in total. The second kappa shape index (κ2) is 5.13. The van der Waals surface area contributed by atoms with E-state index in [1.165, 1.54) is 4.70 Å². The predicted molar refractivity (Wildman–Crippen MR) is 80.2 cm³/mol. The summed E-state index contributed by atoms with van der Waals surface area (Å²) in [6, 6.07) is 16.0. The van der Waals surface area contributed by atoms with Gasteiger partial charge in [0.25, 0.3) is 0 Å². The number of thiophene rings is 1. The molecule has 1 heterocycles. The van der Waals surface area contributed by atoms with Gasteiger partial charge in [0, 0.05) is 16.8 Å². The smallest absolute Gasteiger partial charge is 0.105 e. The lowest BCUT2D eigenvalue weighted by atomic mass is 10.00. The number of rotatable bonds is 3. The van der Waals surface area contributed by atoms with Crippen molar-refractivity contribution in [2.45, 2.75) is 12.6 Å². The standard InChI is InChI=1S/C16H15NOS/c17-9-11-5-7-12(8-6-11)16(18)14-10-19-15-4-2-1-3-13(14)15/h1-8,10,16,18H,9,17H2. The third-order valence-electron chi connectivity index (χ3n) is 3.34. The lowest BCUT2D eigenvalue weighted by Gasteiger charge is -2.11. The fraction of sp³-hybridized carbons (Fsp3) is 0.125. The number of aliphatic hydroxyl groups excluding tert-OH is 1. The lowest BCUT2D eigenvalue weighted by molar-refractivity contribution is 0.222. The molecule has 0 spiro atoms. The number of fused-ring (bicyclic) bond motifs is 1. The summed E-state index contributed by atoms with van der Waals surface area (Å²) in [4.78, 5) is 0. The Morgan fingerprint density at radius 3 is 2.53 bits per heavy atom. The fourth-order valence-electron chi connectivity index (χ4n) is 2.23. The summed E-state index contributed by atoms with van der Waals surface area (Å²) < 4.78 is 1.20. The van der Waals surface area contributed by atoms with Gasteiger partial charge in [0.1, 0.15) is 6.10 Å². The van der Waals surface area contributed by atoms with Crippen LogP contribution in [0.5, 0.6) is 0 Å². The molecule has 3 heteroatoms. The molecule has 3 aromatic rings. The highest BCUT2D eigenvalue weighted by atomic mass is 32.1. The molecule has 19 heavy (non-hydrogen) atoms. The quantitative estimate of drug-likeness (QED) is 0.765. The van der Waals surface area contributed by atoms with Gasteiger partial charge in [-0.15, -0.1) is 11.3 Å². The summed E-state index contributed by atoms with van der Waals surface area (Å²) in [5.41, 5.74) is 8.54. The fourth-order valence-corrected chi connectivity index (χ4v) is 3.21. The summed E-state index contributed by atoms with van der Waals surface area (Å²) in [5, 5.41) is 13.7. The van der Waals surface area contributed by atoms with E-state index < -0.39 is 6.10 Å². The van der Waals surface area contributed by atoms with E-state index in [9.17, 15) is 5.11 Å². The van der Waals surface area contributed by atoms with Crippen molar-refractivity contribution in [3.05, 3.63) is 70.6 Å². The minimum Gasteiger partial charge on any atom is -0.384 e. The van der Waals surface area contributed by atoms with Gasteiger partial charge in [-0.05, 0) is 28.0 Å². The largest absolute Gasteiger partial charge is 0.384 e. The van der Waals surface area contributed by atoms with Crippen LogP contribution in [0, 0.1) is 0 Å². The van der Waals surface area contributed by atoms with Crippen molar-refractivity contribution < 1.29 is 5.11 Å². The van der Waals surface area contributed by atoms with Crippen LogP contribution in [0.2, 0.25) is 0 Å². The Morgan fingerprint density at radius 1 is 1.05 bits per heavy atom. The average Bonchev–Trinajstić information content (AvgIpc) is 2.90. The molecule has 1 unspecified atom stereocenters. The zero-order valence-corrected chi connectivity index (χ0v) is 11.2. The maximum atomic E-state index is 10.5. The minimum atomic E-state index is -0.581. The third kappa shape index (κ3) is 2.28. The first-order valence-corrected chi connectivity index (χ1v) is 7.10. The highest BCUT2D eigenvalue weighted by Gasteiger charge is 2.14. The predicted octanol–water partition coefficient (Wildman–Crippen LogP) is 3.44. The van der Waals surface area contributed by atoms with Gasteiger partial charge in [0.15, 0.2) is 0 Å². The zero-order chi connectivity index (χ0) is 13.2. The number of hydrogen-bond donors (Lipinski definition) is 2. The van der Waals surface area contributed by atoms with E-state index in [1.54, 1.807) is 11.3 Å². The summed E-state index contributed by atoms with van der Waals surface area (Å²) in [6.45, 7) is 0.526. The third-order valence-corrected chi connectivity index (χ3v) is 4.32. The molecule has 0 radical (unpaired) electrons. The highest BCUT2D eigenvalue weighted by Crippen LogP contribution is 2.33. The molecule has 0 fully saturated rings. The Hall–Kier alpha value is -1.68. The molecule has 2 aromatic carbocycles. The molecule has 0 aliphatic heterocycles. The van der Waals surface area contributed by atoms with Gasteiger partial charge in [-0.3, -0.25) is 0 Å². The van der Waals surface area contributed by atoms with E-state index in [0.29, 0.717) is 6.54 Å². The van der Waals surface area contributed by atoms with E-state index in [-0.39, 0.29) is 0 Å². The average molecular weight is 269 g/mol. The normalized spacial score (nSPS) is 12.7. The zero-order valence-electron chi connectivity index (χ0n) is 10.4. The van der Waals surface area contributed by atoms with E-state index in [0.717, 1.165) is 22.1 Å². The Morgan fingerprint density at radius 2 is 1.79 bits per heavy atom. The van der Waals surface area contributed by atoms with Gasteiger partial charge >= 0.3 is 0 Å². The van der Waals surface area contributed by atoms with Crippen LogP contribution in [0.25, 0.3) is 10.1 Å². The van der Waals surface area contributed by atoms with Crippen molar-refractivity contribution in [2.24, 2.45) is 5.73 Å². The summed E-state index contributed by atoms with van der Waals surface area (Å²) in [5.74, 6) is 0. The maximum Gasteiger partial charge on any atom is 0.105 e. The van der Waals surface area contributed by atoms with Gasteiger partial charge in [0.2, 0.25) is 0 Å². The molecule has 3 N–H and O–H groups in total. The first kappa shape index (κ1) is 12.4. The van der Waals surface area contributed by atoms with Crippen molar-refractivity contribution in [1.29, 1.82) is 0 Å². The van der Waals surface area contributed by atoms with E-state index >= 15 is 0 Å². The van der Waals surface area contributed by atoms with Crippen LogP contribution >= 0.6 is 11.3 Å². The summed E-state index contributed by atoms with van der Waals surface area (Å²) in [7, 11) is 0. The molecular weight excluding hydrogens is 254 g/mol. The van der Waals surface area contributed by atoms with Crippen molar-refractivity contribution in [1.82, 2.24) is 0 Å². The van der Waals surface area contributed by atoms with E-state index in [1.807, 2.05) is 41.8 Å². The van der Waals surface area contributed by atoms with Crippen LogP contribution in [-0.4, -0.2) is 5.11 Å². The van der Waals surface area contributed by atoms with Gasteiger partial charge in [-0.2, -0.15) is 0 Å². The van der Waals surface area contributed by atoms with Crippen LogP contribution in [0.3, 0.4) is 0 Å². The molecule has 0 bridgehead atoms. The SMILES string of the molecule is NCc1ccc(C(O)c2csc3ccccc23)cc1. The topological polar surface area (TPSA) is 46.2 Å². The molecule has 3 rings (SSSR count). The Kier molecular flexibility index (Phi) is 3.34. The lowest BCUT2D eigenvalue weighted by Crippen LogP contribution is -2.00. The monoisotopic (exact) mass is 269 g/mol. The van der Waals surface area contributed by atoms with Crippen LogP contribution in [0.4, 0.5) is 0 Å². The van der Waals surface area contributed by atoms with Gasteiger partial charge in [-0.25, -0.2) is 0 Å². The molecule has 0 saturated heterocycles. The Balaban J connectivity index is 2.00. The van der Waals surface area contributed by atoms with Crippen molar-refractivity contribution >= 4 is 21.4 Å². The van der Waals surface area contributed by atoms with Crippen LogP contribution in [-0.2, 0) is 6.54 Å². The Bertz CT molecular complexity index is 687. The van der Waals surface area contributed by atoms with Gasteiger partial charge in [-0.1, -0.05) is 42.5 Å². The first-order chi connectivity index (χ1) is 9.29. The molecule has 0 aliphatic carbocycles. The molecule has 0 amide bonds. The molecule has 1 aromatic heterocycles. The number of benzene rings is 2. The molecular formula is C16H15NOS. The molecule has 0 aliphatic rings. The Labute approximate surface area is 116 Å². The summed E-state index contributed by atoms with van der Waals surface area (Å²) in [6.07, 6.45) is -0.581. The molecule has 96 valence electrons. The second-order valence-electron chi connectivity index (χ2n) is 4.54. The number of nitrogens with two attached hydrogens (primary N) is 1. The maximum absolute atomic E-state index is 10.5. The molecule has 0 saturated carbocycles. The van der Waals surface area contributed by atoms with E-state index in [2.05, 4.69) is 12.1 Å². The molecule has 1 atom stereocenters. The van der Waals surface area contributed by atoms with Crippen LogP contribution in [0.1, 0.15) is 22.8 Å². The van der Waals surface area contributed by atoms with Crippen molar-refractivity contribution in [3.63, 3.8) is 0 Å². The van der Waals surface area contributed by atoms with Gasteiger partial charge in [0.05, 0.1) is 0 Å². The highest BCUT2D eigenvalue weighted by molar-refractivity contribution is 7.17. The first-order valence-electron chi connectivity index (χ1n) is 6.22.